The lowest BCUT2D eigenvalue weighted by molar-refractivity contribution is -0.142. The predicted octanol–water partition coefficient (Wildman–Crippen LogP) is 1.91. The van der Waals surface area contributed by atoms with Crippen LogP contribution in [-0.4, -0.2) is 24.1 Å². The van der Waals surface area contributed by atoms with E-state index in [-0.39, 0.29) is 18.2 Å². The average molecular weight is 264 g/mol. The molecule has 5 heteroatoms. The van der Waals surface area contributed by atoms with Crippen molar-refractivity contribution in [3.8, 4) is 0 Å². The van der Waals surface area contributed by atoms with Crippen LogP contribution >= 0.6 is 0 Å². The molecule has 2 aromatic rings. The fourth-order valence-corrected chi connectivity index (χ4v) is 2.19. The van der Waals surface area contributed by atoms with Gasteiger partial charge in [-0.05, 0) is 37.2 Å². The minimum atomic E-state index is -0.323. The fraction of sp³-hybridized carbons (Fsp3) is 0.357. The van der Waals surface area contributed by atoms with Gasteiger partial charge in [-0.3, -0.25) is 4.79 Å². The summed E-state index contributed by atoms with van der Waals surface area (Å²) in [6.45, 7) is 2.56. The standard InChI is InChI=1S/C14H17FN2O2/c1-2-19-14(18)8-11-10-7-9(15)3-4-12(10)17-13(11)5-6-16/h3-4,7,17H,2,5-6,8,16H2,1H3. The van der Waals surface area contributed by atoms with Gasteiger partial charge in [-0.2, -0.15) is 0 Å². The van der Waals surface area contributed by atoms with Gasteiger partial charge >= 0.3 is 5.97 Å². The molecule has 1 aromatic carbocycles. The van der Waals surface area contributed by atoms with Crippen LogP contribution in [0, 0.1) is 5.82 Å². The molecular weight excluding hydrogens is 247 g/mol. The molecule has 0 aliphatic heterocycles. The second-order valence-corrected chi connectivity index (χ2v) is 4.29. The number of hydrogen-bond donors (Lipinski definition) is 2. The van der Waals surface area contributed by atoms with Crippen molar-refractivity contribution in [3.05, 3.63) is 35.3 Å². The van der Waals surface area contributed by atoms with Crippen LogP contribution in [0.5, 0.6) is 0 Å². The first kappa shape index (κ1) is 13.5. The zero-order valence-electron chi connectivity index (χ0n) is 10.8. The third kappa shape index (κ3) is 2.93. The minimum Gasteiger partial charge on any atom is -0.466 e. The topological polar surface area (TPSA) is 68.1 Å². The Morgan fingerprint density at radius 3 is 2.95 bits per heavy atom. The highest BCUT2D eigenvalue weighted by molar-refractivity contribution is 5.88. The Hall–Kier alpha value is -1.88. The molecule has 1 heterocycles. The SMILES string of the molecule is CCOC(=O)Cc1c(CCN)[nH]c2ccc(F)cc12. The van der Waals surface area contributed by atoms with E-state index in [0.29, 0.717) is 19.6 Å². The van der Waals surface area contributed by atoms with Gasteiger partial charge in [0.05, 0.1) is 13.0 Å². The summed E-state index contributed by atoms with van der Waals surface area (Å²) in [7, 11) is 0. The smallest absolute Gasteiger partial charge is 0.310 e. The number of ether oxygens (including phenoxy) is 1. The molecule has 0 aliphatic rings. The second kappa shape index (κ2) is 5.84. The van der Waals surface area contributed by atoms with Crippen LogP contribution in [0.1, 0.15) is 18.2 Å². The lowest BCUT2D eigenvalue weighted by Crippen LogP contribution is -2.10. The van der Waals surface area contributed by atoms with Crippen LogP contribution in [0.25, 0.3) is 10.9 Å². The summed E-state index contributed by atoms with van der Waals surface area (Å²) in [6.07, 6.45) is 0.748. The Bertz CT molecular complexity index is 592. The van der Waals surface area contributed by atoms with Crippen LogP contribution in [0.3, 0.4) is 0 Å². The third-order valence-corrected chi connectivity index (χ3v) is 2.98. The highest BCUT2D eigenvalue weighted by Crippen LogP contribution is 2.24. The van der Waals surface area contributed by atoms with Crippen LogP contribution in [-0.2, 0) is 22.4 Å². The van der Waals surface area contributed by atoms with E-state index in [4.69, 9.17) is 10.5 Å². The number of H-pyrrole nitrogens is 1. The van der Waals surface area contributed by atoms with Crippen molar-refractivity contribution in [1.82, 2.24) is 4.98 Å². The Labute approximate surface area is 110 Å². The summed E-state index contributed by atoms with van der Waals surface area (Å²) >= 11 is 0. The third-order valence-electron chi connectivity index (χ3n) is 2.98. The lowest BCUT2D eigenvalue weighted by Gasteiger charge is -2.04. The number of benzene rings is 1. The molecule has 2 rings (SSSR count). The monoisotopic (exact) mass is 264 g/mol. The number of fused-ring (bicyclic) bond motifs is 1. The Morgan fingerprint density at radius 2 is 2.26 bits per heavy atom. The van der Waals surface area contributed by atoms with Crippen LogP contribution in [0.4, 0.5) is 4.39 Å². The second-order valence-electron chi connectivity index (χ2n) is 4.29. The van der Waals surface area contributed by atoms with Gasteiger partial charge in [-0.25, -0.2) is 4.39 Å². The molecule has 0 bridgehead atoms. The Kier molecular flexibility index (Phi) is 4.16. The van der Waals surface area contributed by atoms with Crippen molar-refractivity contribution in [1.29, 1.82) is 0 Å². The van der Waals surface area contributed by atoms with Gasteiger partial charge in [0.25, 0.3) is 0 Å². The van der Waals surface area contributed by atoms with Gasteiger partial charge in [0.2, 0.25) is 0 Å². The fourth-order valence-electron chi connectivity index (χ4n) is 2.19. The summed E-state index contributed by atoms with van der Waals surface area (Å²) in [6, 6.07) is 4.49. The highest BCUT2D eigenvalue weighted by Gasteiger charge is 2.15. The number of nitrogens with one attached hydrogen (secondary N) is 1. The number of carbonyl (C=O) groups excluding carboxylic acids is 1. The number of halogens is 1. The van der Waals surface area contributed by atoms with E-state index in [2.05, 4.69) is 4.98 Å². The van der Waals surface area contributed by atoms with Gasteiger partial charge in [0.15, 0.2) is 0 Å². The molecular formula is C14H17FN2O2. The Balaban J connectivity index is 2.44. The number of aromatic amines is 1. The molecule has 0 spiro atoms. The zero-order chi connectivity index (χ0) is 13.8. The van der Waals surface area contributed by atoms with Crippen molar-refractivity contribution in [2.24, 2.45) is 5.73 Å². The van der Waals surface area contributed by atoms with Crippen molar-refractivity contribution in [2.75, 3.05) is 13.2 Å². The quantitative estimate of drug-likeness (QED) is 0.811. The van der Waals surface area contributed by atoms with E-state index >= 15 is 0 Å². The largest absolute Gasteiger partial charge is 0.466 e. The summed E-state index contributed by atoms with van der Waals surface area (Å²) in [5.74, 6) is -0.637. The molecule has 0 saturated carbocycles. The number of carbonyl (C=O) groups is 1. The maximum atomic E-state index is 13.3. The molecule has 1 aromatic heterocycles. The number of hydrogen-bond acceptors (Lipinski definition) is 3. The van der Waals surface area contributed by atoms with E-state index in [1.807, 2.05) is 0 Å². The Morgan fingerprint density at radius 1 is 1.47 bits per heavy atom. The normalized spacial score (nSPS) is 10.9. The summed E-state index contributed by atoms with van der Waals surface area (Å²) in [4.78, 5) is 14.8. The lowest BCUT2D eigenvalue weighted by atomic mass is 10.1. The molecule has 19 heavy (non-hydrogen) atoms. The number of nitrogens with two attached hydrogens (primary N) is 1. The molecule has 0 fully saturated rings. The summed E-state index contributed by atoms with van der Waals surface area (Å²) < 4.78 is 18.3. The van der Waals surface area contributed by atoms with E-state index in [1.54, 1.807) is 13.0 Å². The molecule has 0 amide bonds. The van der Waals surface area contributed by atoms with Gasteiger partial charge in [0, 0.05) is 23.0 Å². The molecule has 0 radical (unpaired) electrons. The van der Waals surface area contributed by atoms with Crippen molar-refractivity contribution in [3.63, 3.8) is 0 Å². The number of aromatic nitrogens is 1. The first-order valence-electron chi connectivity index (χ1n) is 6.30. The first-order chi connectivity index (χ1) is 9.15. The maximum Gasteiger partial charge on any atom is 0.310 e. The summed E-state index contributed by atoms with van der Waals surface area (Å²) in [5, 5.41) is 0.719. The van der Waals surface area contributed by atoms with Gasteiger partial charge in [-0.1, -0.05) is 0 Å². The van der Waals surface area contributed by atoms with Crippen molar-refractivity contribution in [2.45, 2.75) is 19.8 Å². The first-order valence-corrected chi connectivity index (χ1v) is 6.30. The van der Waals surface area contributed by atoms with Crippen LogP contribution in [0.15, 0.2) is 18.2 Å². The molecule has 0 saturated heterocycles. The number of esters is 1. The van der Waals surface area contributed by atoms with Crippen molar-refractivity contribution < 1.29 is 13.9 Å². The minimum absolute atomic E-state index is 0.132. The molecule has 3 N–H and O–H groups in total. The van der Waals surface area contributed by atoms with Crippen LogP contribution in [0.2, 0.25) is 0 Å². The maximum absolute atomic E-state index is 13.3. The van der Waals surface area contributed by atoms with E-state index in [1.165, 1.54) is 12.1 Å². The van der Waals surface area contributed by atoms with E-state index in [9.17, 15) is 9.18 Å². The van der Waals surface area contributed by atoms with Crippen LogP contribution < -0.4 is 5.73 Å². The zero-order valence-corrected chi connectivity index (χ0v) is 10.8. The van der Waals surface area contributed by atoms with E-state index in [0.717, 1.165) is 22.2 Å². The van der Waals surface area contributed by atoms with E-state index < -0.39 is 0 Å². The summed E-state index contributed by atoms with van der Waals surface area (Å²) in [5.41, 5.74) is 8.02. The molecule has 4 nitrogen and oxygen atoms in total. The molecule has 0 unspecified atom stereocenters. The molecule has 0 aliphatic carbocycles. The molecule has 0 atom stereocenters. The average Bonchev–Trinajstić information content (AvgIpc) is 2.68. The predicted molar refractivity (Wildman–Crippen MR) is 71.4 cm³/mol. The van der Waals surface area contributed by atoms with Gasteiger partial charge in [0.1, 0.15) is 5.82 Å². The molecule has 102 valence electrons. The van der Waals surface area contributed by atoms with Crippen molar-refractivity contribution >= 4 is 16.9 Å². The highest BCUT2D eigenvalue weighted by atomic mass is 19.1. The van der Waals surface area contributed by atoms with Gasteiger partial charge in [-0.15, -0.1) is 0 Å². The number of rotatable bonds is 5. The van der Waals surface area contributed by atoms with Gasteiger partial charge < -0.3 is 15.5 Å².